The monoisotopic (exact) mass is 216 g/mol. The molecule has 0 atom stereocenters. The van der Waals surface area contributed by atoms with Gasteiger partial charge in [-0.1, -0.05) is 11.8 Å². The number of H-pyrrole nitrogens is 1. The van der Waals surface area contributed by atoms with E-state index >= 15 is 0 Å². The van der Waals surface area contributed by atoms with Crippen LogP contribution in [0.4, 0.5) is 0 Å². The van der Waals surface area contributed by atoms with Gasteiger partial charge in [-0.25, -0.2) is 9.97 Å². The van der Waals surface area contributed by atoms with Crippen molar-refractivity contribution in [2.24, 2.45) is 0 Å². The second-order valence-corrected chi connectivity index (χ2v) is 3.94. The molecule has 0 saturated heterocycles. The Balaban J connectivity index is 2.43. The van der Waals surface area contributed by atoms with E-state index in [1.54, 1.807) is 12.4 Å². The van der Waals surface area contributed by atoms with Crippen molar-refractivity contribution in [3.8, 4) is 0 Å². The first-order valence-electron chi connectivity index (χ1n) is 4.51. The lowest BCUT2D eigenvalue weighted by Gasteiger charge is -1.93. The first kappa shape index (κ1) is 8.67. The molecule has 0 unspecified atom stereocenters. The molecule has 1 N–H and O–H groups in total. The average molecular weight is 216 g/mol. The second-order valence-electron chi connectivity index (χ2n) is 3.17. The fraction of sp³-hybridized carbons (Fsp3) is 0.100. The highest BCUT2D eigenvalue weighted by Crippen LogP contribution is 2.23. The van der Waals surface area contributed by atoms with Crippen molar-refractivity contribution in [3.05, 3.63) is 24.7 Å². The highest BCUT2D eigenvalue weighted by atomic mass is 32.2. The smallest absolute Gasteiger partial charge is 0.189 e. The van der Waals surface area contributed by atoms with Crippen molar-refractivity contribution in [1.82, 2.24) is 19.9 Å². The third-order valence-corrected chi connectivity index (χ3v) is 2.88. The Hall–Kier alpha value is -1.62. The molecule has 0 bridgehead atoms. The lowest BCUT2D eigenvalue weighted by atomic mass is 10.2. The van der Waals surface area contributed by atoms with Gasteiger partial charge in [0.25, 0.3) is 0 Å². The van der Waals surface area contributed by atoms with E-state index in [0.29, 0.717) is 0 Å². The normalized spacial score (nSPS) is 11.3. The van der Waals surface area contributed by atoms with Gasteiger partial charge in [0, 0.05) is 23.2 Å². The molecule has 0 spiro atoms. The maximum Gasteiger partial charge on any atom is 0.189 e. The molecule has 15 heavy (non-hydrogen) atoms. The summed E-state index contributed by atoms with van der Waals surface area (Å²) in [4.78, 5) is 16.0. The van der Waals surface area contributed by atoms with Crippen LogP contribution in [0.25, 0.3) is 21.9 Å². The van der Waals surface area contributed by atoms with Crippen LogP contribution in [-0.4, -0.2) is 26.2 Å². The molecule has 0 aliphatic rings. The number of hydrogen-bond donors (Lipinski definition) is 1. The van der Waals surface area contributed by atoms with Crippen molar-refractivity contribution in [1.29, 1.82) is 0 Å². The highest BCUT2D eigenvalue weighted by molar-refractivity contribution is 7.98. The van der Waals surface area contributed by atoms with Crippen molar-refractivity contribution in [2.45, 2.75) is 5.16 Å². The van der Waals surface area contributed by atoms with Crippen LogP contribution >= 0.6 is 11.8 Å². The molecule has 3 rings (SSSR count). The number of hydrogen-bond acceptors (Lipinski definition) is 4. The first-order chi connectivity index (χ1) is 7.38. The minimum atomic E-state index is 0.780. The Kier molecular flexibility index (Phi) is 1.85. The second kappa shape index (κ2) is 3.20. The SMILES string of the molecule is CSc1ncc2c(n1)[nH]c1cnccc12. The molecule has 0 fully saturated rings. The maximum absolute atomic E-state index is 4.40. The fourth-order valence-electron chi connectivity index (χ4n) is 1.61. The molecule has 3 aromatic heterocycles. The fourth-order valence-corrected chi connectivity index (χ4v) is 1.95. The van der Waals surface area contributed by atoms with Crippen LogP contribution in [0.3, 0.4) is 0 Å². The van der Waals surface area contributed by atoms with Gasteiger partial charge < -0.3 is 4.98 Å². The summed E-state index contributed by atoms with van der Waals surface area (Å²) in [7, 11) is 0. The lowest BCUT2D eigenvalue weighted by Crippen LogP contribution is -1.84. The number of aromatic amines is 1. The summed E-state index contributed by atoms with van der Waals surface area (Å²) in [6.45, 7) is 0. The third kappa shape index (κ3) is 1.27. The van der Waals surface area contributed by atoms with E-state index in [2.05, 4.69) is 19.9 Å². The van der Waals surface area contributed by atoms with Crippen LogP contribution in [0.2, 0.25) is 0 Å². The molecule has 3 aromatic rings. The van der Waals surface area contributed by atoms with Gasteiger partial charge in [0.1, 0.15) is 5.65 Å². The van der Waals surface area contributed by atoms with E-state index in [4.69, 9.17) is 0 Å². The van der Waals surface area contributed by atoms with Crippen molar-refractivity contribution < 1.29 is 0 Å². The molecule has 0 radical (unpaired) electrons. The minimum absolute atomic E-state index is 0.780. The molecule has 0 aliphatic carbocycles. The van der Waals surface area contributed by atoms with Crippen molar-refractivity contribution in [2.75, 3.05) is 6.26 Å². The summed E-state index contributed by atoms with van der Waals surface area (Å²) < 4.78 is 0. The number of pyridine rings is 1. The standard InChI is InChI=1S/C10H8N4S/c1-15-10-12-4-7-6-2-3-11-5-8(6)13-9(7)14-10/h2-5H,1H3,(H,12,13,14). The van der Waals surface area contributed by atoms with E-state index in [1.807, 2.05) is 18.5 Å². The van der Waals surface area contributed by atoms with Crippen LogP contribution in [0.15, 0.2) is 29.8 Å². The zero-order valence-corrected chi connectivity index (χ0v) is 8.88. The van der Waals surface area contributed by atoms with Crippen LogP contribution in [0, 0.1) is 0 Å². The molecular formula is C10H8N4S. The van der Waals surface area contributed by atoms with Crippen LogP contribution in [0.5, 0.6) is 0 Å². The van der Waals surface area contributed by atoms with Gasteiger partial charge in [-0.2, -0.15) is 0 Å². The summed E-state index contributed by atoms with van der Waals surface area (Å²) in [5.41, 5.74) is 1.87. The number of rotatable bonds is 1. The summed E-state index contributed by atoms with van der Waals surface area (Å²) in [6.07, 6.45) is 7.40. The summed E-state index contributed by atoms with van der Waals surface area (Å²) in [5.74, 6) is 0. The van der Waals surface area contributed by atoms with E-state index in [1.165, 1.54) is 11.8 Å². The van der Waals surface area contributed by atoms with Gasteiger partial charge in [0.15, 0.2) is 5.16 Å². The van der Waals surface area contributed by atoms with Crippen LogP contribution < -0.4 is 0 Å². The van der Waals surface area contributed by atoms with Crippen molar-refractivity contribution in [3.63, 3.8) is 0 Å². The number of aromatic nitrogens is 4. The number of thioether (sulfide) groups is 1. The zero-order valence-electron chi connectivity index (χ0n) is 8.06. The molecule has 74 valence electrons. The minimum Gasteiger partial charge on any atom is -0.338 e. The number of nitrogens with one attached hydrogen (secondary N) is 1. The summed E-state index contributed by atoms with van der Waals surface area (Å²) in [6, 6.07) is 1.97. The maximum atomic E-state index is 4.40. The molecule has 0 amide bonds. The van der Waals surface area contributed by atoms with Gasteiger partial charge in [-0.3, -0.25) is 4.98 Å². The van der Waals surface area contributed by atoms with E-state index in [-0.39, 0.29) is 0 Å². The molecule has 3 heterocycles. The van der Waals surface area contributed by atoms with E-state index in [0.717, 1.165) is 27.1 Å². The van der Waals surface area contributed by atoms with Gasteiger partial charge in [-0.15, -0.1) is 0 Å². The Morgan fingerprint density at radius 3 is 3.07 bits per heavy atom. The third-order valence-electron chi connectivity index (χ3n) is 2.31. The molecule has 5 heteroatoms. The predicted molar refractivity (Wildman–Crippen MR) is 61.0 cm³/mol. The molecule has 0 saturated carbocycles. The Morgan fingerprint density at radius 2 is 2.20 bits per heavy atom. The Labute approximate surface area is 90.2 Å². The predicted octanol–water partition coefficient (Wildman–Crippen LogP) is 2.23. The van der Waals surface area contributed by atoms with Gasteiger partial charge in [0.05, 0.1) is 11.7 Å². The van der Waals surface area contributed by atoms with E-state index < -0.39 is 0 Å². The lowest BCUT2D eigenvalue weighted by molar-refractivity contribution is 1.000. The quantitative estimate of drug-likeness (QED) is 0.500. The number of fused-ring (bicyclic) bond motifs is 3. The molecule has 4 nitrogen and oxygen atoms in total. The highest BCUT2D eigenvalue weighted by Gasteiger charge is 2.05. The Morgan fingerprint density at radius 1 is 1.27 bits per heavy atom. The molecular weight excluding hydrogens is 208 g/mol. The topological polar surface area (TPSA) is 54.5 Å². The first-order valence-corrected chi connectivity index (χ1v) is 5.73. The van der Waals surface area contributed by atoms with Gasteiger partial charge >= 0.3 is 0 Å². The summed E-state index contributed by atoms with van der Waals surface area (Å²) >= 11 is 1.54. The largest absolute Gasteiger partial charge is 0.338 e. The number of nitrogens with zero attached hydrogens (tertiary/aromatic N) is 3. The van der Waals surface area contributed by atoms with Crippen LogP contribution in [-0.2, 0) is 0 Å². The summed E-state index contributed by atoms with van der Waals surface area (Å²) in [5, 5.41) is 2.94. The van der Waals surface area contributed by atoms with E-state index in [9.17, 15) is 0 Å². The zero-order chi connectivity index (χ0) is 10.3. The average Bonchev–Trinajstić information content (AvgIpc) is 2.66. The molecule has 0 aliphatic heterocycles. The molecule has 0 aromatic carbocycles. The Bertz CT molecular complexity index is 631. The van der Waals surface area contributed by atoms with Crippen LogP contribution in [0.1, 0.15) is 0 Å². The van der Waals surface area contributed by atoms with Gasteiger partial charge in [0.2, 0.25) is 0 Å². The van der Waals surface area contributed by atoms with Crippen molar-refractivity contribution >= 4 is 33.7 Å². The van der Waals surface area contributed by atoms with Gasteiger partial charge in [-0.05, 0) is 12.3 Å².